The Morgan fingerprint density at radius 2 is 1.32 bits per heavy atom. The van der Waals surface area contributed by atoms with Gasteiger partial charge < -0.3 is 38.3 Å². The van der Waals surface area contributed by atoms with Gasteiger partial charge in [0.1, 0.15) is 0 Å². The molecule has 0 radical (unpaired) electrons. The van der Waals surface area contributed by atoms with Crippen molar-refractivity contribution in [1.82, 2.24) is 0 Å². The minimum Gasteiger partial charge on any atom is -0.493 e. The van der Waals surface area contributed by atoms with E-state index in [2.05, 4.69) is 4.74 Å². The lowest BCUT2D eigenvalue weighted by Gasteiger charge is -2.29. The van der Waals surface area contributed by atoms with Crippen molar-refractivity contribution in [2.75, 3.05) is 42.2 Å². The monoisotopic (exact) mass is 524 g/mol. The predicted octanol–water partition coefficient (Wildman–Crippen LogP) is 4.47. The highest BCUT2D eigenvalue weighted by atomic mass is 16.6. The van der Waals surface area contributed by atoms with E-state index in [1.54, 1.807) is 68.8 Å². The van der Waals surface area contributed by atoms with Crippen molar-refractivity contribution in [3.05, 3.63) is 77.9 Å². The second-order valence-electron chi connectivity index (χ2n) is 7.91. The molecule has 0 heterocycles. The van der Waals surface area contributed by atoms with Gasteiger partial charge in [-0.2, -0.15) is 0 Å². The molecule has 3 aromatic rings. The van der Waals surface area contributed by atoms with Crippen LogP contribution >= 0.6 is 0 Å². The molecule has 0 aliphatic carbocycles. The minimum absolute atomic E-state index is 0.376. The van der Waals surface area contributed by atoms with Crippen molar-refractivity contribution >= 4 is 12.0 Å². The molecule has 202 valence electrons. The van der Waals surface area contributed by atoms with E-state index < -0.39 is 18.2 Å². The molecule has 3 aromatic carbocycles. The Morgan fingerprint density at radius 3 is 1.95 bits per heavy atom. The van der Waals surface area contributed by atoms with E-state index in [0.717, 1.165) is 0 Å². The molecule has 1 N–H and O–H groups in total. The van der Waals surface area contributed by atoms with Gasteiger partial charge in [-0.3, -0.25) is 0 Å². The molecule has 0 saturated heterocycles. The number of aliphatic hydroxyl groups is 1. The Morgan fingerprint density at radius 1 is 0.737 bits per heavy atom. The van der Waals surface area contributed by atoms with Crippen LogP contribution in [0, 0.1) is 0 Å². The normalized spacial score (nSPS) is 12.4. The van der Waals surface area contributed by atoms with Crippen LogP contribution in [0.5, 0.6) is 34.5 Å². The van der Waals surface area contributed by atoms with Crippen LogP contribution in [0.15, 0.2) is 66.7 Å². The van der Waals surface area contributed by atoms with Crippen LogP contribution in [0.1, 0.15) is 17.2 Å². The highest BCUT2D eigenvalue weighted by Crippen LogP contribution is 2.38. The Balaban J connectivity index is 2.04. The number of ether oxygens (including phenoxy) is 7. The molecule has 9 heteroatoms. The van der Waals surface area contributed by atoms with Gasteiger partial charge in [0.05, 0.1) is 42.2 Å². The van der Waals surface area contributed by atoms with E-state index in [9.17, 15) is 9.90 Å². The molecule has 0 saturated carbocycles. The quantitative estimate of drug-likeness (QED) is 0.256. The maximum absolute atomic E-state index is 11.5. The molecule has 0 spiro atoms. The zero-order valence-corrected chi connectivity index (χ0v) is 22.0. The zero-order valence-electron chi connectivity index (χ0n) is 22.0. The zero-order chi connectivity index (χ0) is 27.5. The highest BCUT2D eigenvalue weighted by molar-refractivity contribution is 5.87. The molecule has 0 unspecified atom stereocenters. The maximum Gasteiger partial charge on any atom is 0.330 e. The molecule has 2 atom stereocenters. The highest BCUT2D eigenvalue weighted by Gasteiger charge is 2.30. The summed E-state index contributed by atoms with van der Waals surface area (Å²) in [6.07, 6.45) is 1.25. The smallest absolute Gasteiger partial charge is 0.330 e. The number of hydrogen-bond acceptors (Lipinski definition) is 9. The van der Waals surface area contributed by atoms with Gasteiger partial charge in [-0.05, 0) is 48.0 Å². The van der Waals surface area contributed by atoms with Crippen molar-refractivity contribution in [2.45, 2.75) is 12.2 Å². The molecule has 38 heavy (non-hydrogen) atoms. The average molecular weight is 525 g/mol. The minimum atomic E-state index is -0.854. The number of aliphatic hydroxyl groups excluding tert-OH is 1. The SMILES string of the molecule is COC(=O)/C=C/c1ccc(O[C@@H](c2ccc(OC)c(OC)c2)[C@@H](CO)Oc2ccccc2OC)c(OC)c1. The van der Waals surface area contributed by atoms with Gasteiger partial charge in [-0.25, -0.2) is 4.79 Å². The predicted molar refractivity (Wildman–Crippen MR) is 141 cm³/mol. The van der Waals surface area contributed by atoms with Crippen LogP contribution in [0.3, 0.4) is 0 Å². The molecule has 0 bridgehead atoms. The first-order valence-electron chi connectivity index (χ1n) is 11.7. The van der Waals surface area contributed by atoms with Gasteiger partial charge >= 0.3 is 5.97 Å². The number of hydrogen-bond donors (Lipinski definition) is 1. The van der Waals surface area contributed by atoms with Gasteiger partial charge in [0.25, 0.3) is 0 Å². The number of esters is 1. The fraction of sp³-hybridized carbons (Fsp3) is 0.276. The molecular formula is C29H32O9. The Kier molecular flexibility index (Phi) is 10.2. The number of benzene rings is 3. The summed E-state index contributed by atoms with van der Waals surface area (Å²) in [7, 11) is 7.45. The van der Waals surface area contributed by atoms with Gasteiger partial charge in [0, 0.05) is 11.6 Å². The average Bonchev–Trinajstić information content (AvgIpc) is 2.97. The largest absolute Gasteiger partial charge is 0.493 e. The van der Waals surface area contributed by atoms with E-state index in [4.69, 9.17) is 28.4 Å². The third kappa shape index (κ3) is 6.89. The van der Waals surface area contributed by atoms with Crippen LogP contribution in [0.25, 0.3) is 6.08 Å². The number of methoxy groups -OCH3 is 5. The van der Waals surface area contributed by atoms with Gasteiger partial charge in [0.15, 0.2) is 46.7 Å². The van der Waals surface area contributed by atoms with E-state index in [0.29, 0.717) is 45.6 Å². The van der Waals surface area contributed by atoms with E-state index >= 15 is 0 Å². The number of para-hydroxylation sites is 2. The summed E-state index contributed by atoms with van der Waals surface area (Å²) >= 11 is 0. The first-order valence-corrected chi connectivity index (χ1v) is 11.7. The van der Waals surface area contributed by atoms with Crippen molar-refractivity contribution in [3.63, 3.8) is 0 Å². The maximum atomic E-state index is 11.5. The van der Waals surface area contributed by atoms with Gasteiger partial charge in [0.2, 0.25) is 0 Å². The van der Waals surface area contributed by atoms with Gasteiger partial charge in [-0.15, -0.1) is 0 Å². The third-order valence-electron chi connectivity index (χ3n) is 5.66. The third-order valence-corrected chi connectivity index (χ3v) is 5.66. The van der Waals surface area contributed by atoms with E-state index in [1.807, 2.05) is 12.1 Å². The van der Waals surface area contributed by atoms with Crippen LogP contribution in [-0.2, 0) is 9.53 Å². The summed E-state index contributed by atoms with van der Waals surface area (Å²) in [5, 5.41) is 10.4. The first kappa shape index (κ1) is 28.2. The molecule has 3 rings (SSSR count). The fourth-order valence-electron chi connectivity index (χ4n) is 3.72. The topological polar surface area (TPSA) is 102 Å². The van der Waals surface area contributed by atoms with Crippen LogP contribution in [-0.4, -0.2) is 59.3 Å². The standard InChI is InChI=1S/C29H32O9/c1-32-21-8-6-7-9-23(21)37-27(18-30)29(20-12-14-22(33-2)26(17-20)35-4)38-24-13-10-19(16-25(24)34-3)11-15-28(31)36-5/h6-17,27,29-30H,18H2,1-5H3/b15-11+/t27-,29+/m1/s1. The Bertz CT molecular complexity index is 1240. The summed E-state index contributed by atoms with van der Waals surface area (Å²) < 4.78 is 39.1. The van der Waals surface area contributed by atoms with E-state index in [-0.39, 0.29) is 6.61 Å². The lowest BCUT2D eigenvalue weighted by atomic mass is 10.0. The van der Waals surface area contributed by atoms with Crippen LogP contribution < -0.4 is 28.4 Å². The second-order valence-corrected chi connectivity index (χ2v) is 7.91. The number of rotatable bonds is 13. The molecule has 9 nitrogen and oxygen atoms in total. The summed E-state index contributed by atoms with van der Waals surface area (Å²) in [6, 6.07) is 17.6. The van der Waals surface area contributed by atoms with Crippen molar-refractivity contribution < 1.29 is 43.1 Å². The molecular weight excluding hydrogens is 492 g/mol. The summed E-state index contributed by atoms with van der Waals surface area (Å²) in [5.41, 5.74) is 1.36. The van der Waals surface area contributed by atoms with Gasteiger partial charge in [-0.1, -0.05) is 24.3 Å². The fourth-order valence-corrected chi connectivity index (χ4v) is 3.72. The molecule has 0 aliphatic heterocycles. The Hall–Kier alpha value is -4.37. The lowest BCUT2D eigenvalue weighted by molar-refractivity contribution is -0.134. The summed E-state index contributed by atoms with van der Waals surface area (Å²) in [4.78, 5) is 11.5. The summed E-state index contributed by atoms with van der Waals surface area (Å²) in [5.74, 6) is 2.32. The molecule has 0 fully saturated rings. The first-order chi connectivity index (χ1) is 18.5. The number of carbonyl (C=O) groups is 1. The molecule has 0 aliphatic rings. The van der Waals surface area contributed by atoms with Crippen LogP contribution in [0.4, 0.5) is 0 Å². The molecule has 0 aromatic heterocycles. The van der Waals surface area contributed by atoms with Crippen molar-refractivity contribution in [2.24, 2.45) is 0 Å². The number of carbonyl (C=O) groups excluding carboxylic acids is 1. The van der Waals surface area contributed by atoms with Crippen LogP contribution in [0.2, 0.25) is 0 Å². The van der Waals surface area contributed by atoms with E-state index in [1.165, 1.54) is 27.4 Å². The van der Waals surface area contributed by atoms with Crippen molar-refractivity contribution in [3.8, 4) is 34.5 Å². The second kappa shape index (κ2) is 13.8. The lowest BCUT2D eigenvalue weighted by Crippen LogP contribution is -2.33. The molecule has 0 amide bonds. The van der Waals surface area contributed by atoms with Crippen molar-refractivity contribution in [1.29, 1.82) is 0 Å². The summed E-state index contributed by atoms with van der Waals surface area (Å²) in [6.45, 7) is -0.376. The Labute approximate surface area is 222 Å².